The van der Waals surface area contributed by atoms with Gasteiger partial charge in [0.1, 0.15) is 0 Å². The molecular weight excluding hydrogens is 307 g/mol. The van der Waals surface area contributed by atoms with Gasteiger partial charge >= 0.3 is 0 Å². The maximum Gasteiger partial charge on any atom is 0.0595 e. The predicted molar refractivity (Wildman–Crippen MR) is 87.0 cm³/mol. The van der Waals surface area contributed by atoms with Gasteiger partial charge < -0.3 is 5.11 Å². The average molecular weight is 329 g/mol. The fourth-order valence-electron chi connectivity index (χ4n) is 3.64. The van der Waals surface area contributed by atoms with E-state index in [0.717, 1.165) is 26.1 Å². The van der Waals surface area contributed by atoms with Crippen LogP contribution in [0.1, 0.15) is 24.8 Å². The first-order valence-electron chi connectivity index (χ1n) is 7.70. The van der Waals surface area contributed by atoms with Gasteiger partial charge in [-0.25, -0.2) is 0 Å². The van der Waals surface area contributed by atoms with E-state index in [2.05, 4.69) is 9.80 Å². The van der Waals surface area contributed by atoms with Gasteiger partial charge in [0, 0.05) is 38.3 Å². The third kappa shape index (κ3) is 3.54. The normalized spacial score (nSPS) is 27.0. The van der Waals surface area contributed by atoms with E-state index in [1.54, 1.807) is 0 Å². The molecule has 116 valence electrons. The molecule has 0 saturated carbocycles. The van der Waals surface area contributed by atoms with Crippen molar-refractivity contribution >= 4 is 23.2 Å². The summed E-state index contributed by atoms with van der Waals surface area (Å²) in [6, 6.07) is 6.99. The van der Waals surface area contributed by atoms with Crippen LogP contribution >= 0.6 is 23.2 Å². The van der Waals surface area contributed by atoms with Crippen LogP contribution in [0.5, 0.6) is 0 Å². The van der Waals surface area contributed by atoms with Crippen LogP contribution < -0.4 is 0 Å². The number of fused-ring (bicyclic) bond motifs is 1. The predicted octanol–water partition coefficient (Wildman–Crippen LogP) is 3.02. The Morgan fingerprint density at radius 2 is 2.05 bits per heavy atom. The number of halogens is 2. The SMILES string of the molecule is OCC[C@H]1CN2CCCC2CN1Cc1ccc(Cl)c(Cl)c1. The van der Waals surface area contributed by atoms with Gasteiger partial charge in [-0.15, -0.1) is 0 Å². The summed E-state index contributed by atoms with van der Waals surface area (Å²) in [4.78, 5) is 5.09. The van der Waals surface area contributed by atoms with Gasteiger partial charge in [0.2, 0.25) is 0 Å². The Morgan fingerprint density at radius 1 is 1.19 bits per heavy atom. The molecule has 0 radical (unpaired) electrons. The second-order valence-corrected chi connectivity index (χ2v) is 6.95. The van der Waals surface area contributed by atoms with E-state index in [-0.39, 0.29) is 6.61 Å². The van der Waals surface area contributed by atoms with E-state index in [0.29, 0.717) is 22.1 Å². The van der Waals surface area contributed by atoms with Crippen LogP contribution in [0, 0.1) is 0 Å². The van der Waals surface area contributed by atoms with Gasteiger partial charge in [0.25, 0.3) is 0 Å². The molecule has 3 nitrogen and oxygen atoms in total. The Balaban J connectivity index is 1.72. The largest absolute Gasteiger partial charge is 0.396 e. The number of hydrogen-bond acceptors (Lipinski definition) is 3. The number of rotatable bonds is 4. The lowest BCUT2D eigenvalue weighted by Crippen LogP contribution is -2.55. The molecule has 0 amide bonds. The highest BCUT2D eigenvalue weighted by molar-refractivity contribution is 6.42. The molecule has 1 aromatic carbocycles. The van der Waals surface area contributed by atoms with Gasteiger partial charge in [-0.1, -0.05) is 29.3 Å². The summed E-state index contributed by atoms with van der Waals surface area (Å²) >= 11 is 12.1. The van der Waals surface area contributed by atoms with E-state index in [9.17, 15) is 5.11 Å². The summed E-state index contributed by atoms with van der Waals surface area (Å²) in [7, 11) is 0. The molecule has 2 aliphatic heterocycles. The van der Waals surface area contributed by atoms with Gasteiger partial charge in [-0.3, -0.25) is 9.80 Å². The second-order valence-electron chi connectivity index (χ2n) is 6.13. The third-order valence-corrected chi connectivity index (χ3v) is 5.48. The lowest BCUT2D eigenvalue weighted by Gasteiger charge is -2.43. The van der Waals surface area contributed by atoms with Crippen molar-refractivity contribution in [2.24, 2.45) is 0 Å². The van der Waals surface area contributed by atoms with E-state index >= 15 is 0 Å². The molecule has 1 aromatic rings. The first-order chi connectivity index (χ1) is 10.2. The fraction of sp³-hybridized carbons (Fsp3) is 0.625. The Morgan fingerprint density at radius 3 is 2.81 bits per heavy atom. The van der Waals surface area contributed by atoms with Gasteiger partial charge in [-0.2, -0.15) is 0 Å². The minimum Gasteiger partial charge on any atom is -0.396 e. The highest BCUT2D eigenvalue weighted by Gasteiger charge is 2.35. The van der Waals surface area contributed by atoms with E-state index in [1.807, 2.05) is 18.2 Å². The lowest BCUT2D eigenvalue weighted by atomic mass is 10.0. The minimum atomic E-state index is 0.251. The summed E-state index contributed by atoms with van der Waals surface area (Å²) in [6.07, 6.45) is 3.44. The van der Waals surface area contributed by atoms with E-state index < -0.39 is 0 Å². The number of aliphatic hydroxyl groups excluding tert-OH is 1. The van der Waals surface area contributed by atoms with Crippen LogP contribution in [0.4, 0.5) is 0 Å². The molecule has 5 heteroatoms. The summed E-state index contributed by atoms with van der Waals surface area (Å²) in [5.41, 5.74) is 1.19. The van der Waals surface area contributed by atoms with Crippen LogP contribution in [0.25, 0.3) is 0 Å². The molecule has 0 spiro atoms. The molecule has 0 aromatic heterocycles. The summed E-state index contributed by atoms with van der Waals surface area (Å²) < 4.78 is 0. The zero-order valence-electron chi connectivity index (χ0n) is 12.1. The maximum atomic E-state index is 9.34. The molecule has 0 aliphatic carbocycles. The summed E-state index contributed by atoms with van der Waals surface area (Å²) in [5.74, 6) is 0. The molecule has 1 N–H and O–H groups in total. The molecular formula is C16H22Cl2N2O. The van der Waals surface area contributed by atoms with Crippen LogP contribution in [0.3, 0.4) is 0 Å². The number of piperazine rings is 1. The van der Waals surface area contributed by atoms with Crippen molar-refractivity contribution in [3.05, 3.63) is 33.8 Å². The van der Waals surface area contributed by atoms with Crippen molar-refractivity contribution in [1.82, 2.24) is 9.80 Å². The van der Waals surface area contributed by atoms with Crippen molar-refractivity contribution < 1.29 is 5.11 Å². The van der Waals surface area contributed by atoms with Gasteiger partial charge in [0.05, 0.1) is 10.0 Å². The molecule has 2 saturated heterocycles. The molecule has 2 fully saturated rings. The molecule has 3 rings (SSSR count). The van der Waals surface area contributed by atoms with Crippen molar-refractivity contribution in [1.29, 1.82) is 0 Å². The zero-order valence-corrected chi connectivity index (χ0v) is 13.7. The van der Waals surface area contributed by atoms with Gasteiger partial charge in [0.15, 0.2) is 0 Å². The maximum absolute atomic E-state index is 9.34. The lowest BCUT2D eigenvalue weighted by molar-refractivity contribution is 0.0333. The third-order valence-electron chi connectivity index (χ3n) is 4.74. The monoisotopic (exact) mass is 328 g/mol. The smallest absolute Gasteiger partial charge is 0.0595 e. The average Bonchev–Trinajstić information content (AvgIpc) is 2.90. The Hall–Kier alpha value is -0.320. The second kappa shape index (κ2) is 6.84. The summed E-state index contributed by atoms with van der Waals surface area (Å²) in [6.45, 7) is 4.51. The van der Waals surface area contributed by atoms with Crippen molar-refractivity contribution in [3.8, 4) is 0 Å². The molecule has 0 bridgehead atoms. The Labute approximate surface area is 136 Å². The standard InChI is InChI=1S/C16H22Cl2N2O/c17-15-4-3-12(8-16(15)18)9-20-11-13-2-1-6-19(13)10-14(20)5-7-21/h3-4,8,13-14,21H,1-2,5-7,9-11H2/t13?,14-/m0/s1. The molecule has 21 heavy (non-hydrogen) atoms. The Kier molecular flexibility index (Phi) is 5.07. The number of hydrogen-bond donors (Lipinski definition) is 1. The van der Waals surface area contributed by atoms with Crippen molar-refractivity contribution in [3.63, 3.8) is 0 Å². The quantitative estimate of drug-likeness (QED) is 0.920. The zero-order chi connectivity index (χ0) is 14.8. The number of nitrogens with zero attached hydrogens (tertiary/aromatic N) is 2. The Bertz CT molecular complexity index is 497. The first-order valence-corrected chi connectivity index (χ1v) is 8.46. The van der Waals surface area contributed by atoms with Crippen LogP contribution in [-0.4, -0.2) is 53.2 Å². The molecule has 1 unspecified atom stereocenters. The highest BCUT2D eigenvalue weighted by Crippen LogP contribution is 2.28. The molecule has 2 heterocycles. The molecule has 2 aliphatic rings. The van der Waals surface area contributed by atoms with Crippen LogP contribution in [0.2, 0.25) is 10.0 Å². The van der Waals surface area contributed by atoms with E-state index in [1.165, 1.54) is 24.9 Å². The summed E-state index contributed by atoms with van der Waals surface area (Å²) in [5, 5.41) is 10.6. The number of aliphatic hydroxyl groups is 1. The number of benzene rings is 1. The van der Waals surface area contributed by atoms with Crippen LogP contribution in [0.15, 0.2) is 18.2 Å². The van der Waals surface area contributed by atoms with E-state index in [4.69, 9.17) is 23.2 Å². The topological polar surface area (TPSA) is 26.7 Å². The van der Waals surface area contributed by atoms with Crippen molar-refractivity contribution in [2.45, 2.75) is 37.9 Å². The fourth-order valence-corrected chi connectivity index (χ4v) is 3.96. The minimum absolute atomic E-state index is 0.251. The van der Waals surface area contributed by atoms with Crippen LogP contribution in [-0.2, 0) is 6.54 Å². The van der Waals surface area contributed by atoms with Gasteiger partial charge in [-0.05, 0) is 43.5 Å². The highest BCUT2D eigenvalue weighted by atomic mass is 35.5. The van der Waals surface area contributed by atoms with Crippen molar-refractivity contribution in [2.75, 3.05) is 26.2 Å². The first kappa shape index (κ1) is 15.6. The molecule has 2 atom stereocenters.